The van der Waals surface area contributed by atoms with Gasteiger partial charge in [-0.25, -0.2) is 9.37 Å². The first kappa shape index (κ1) is 24.4. The molecule has 1 aliphatic heterocycles. The van der Waals surface area contributed by atoms with Gasteiger partial charge in [-0.1, -0.05) is 19.1 Å². The molecule has 1 unspecified atom stereocenters. The predicted octanol–water partition coefficient (Wildman–Crippen LogP) is 4.90. The fourth-order valence-electron chi connectivity index (χ4n) is 4.80. The quantitative estimate of drug-likeness (QED) is 0.378. The fraction of sp³-hybridized carbons (Fsp3) is 0.400. The first-order valence-electron chi connectivity index (χ1n) is 11.8. The summed E-state index contributed by atoms with van der Waals surface area (Å²) in [6, 6.07) is 7.27. The summed E-state index contributed by atoms with van der Waals surface area (Å²) in [5.74, 6) is -0.147. The summed E-state index contributed by atoms with van der Waals surface area (Å²) in [7, 11) is 0. The monoisotopic (exact) mass is 502 g/mol. The number of hydrogen-bond acceptors (Lipinski definition) is 6. The number of nitrogens with zero attached hydrogens (tertiary/aromatic N) is 5. The van der Waals surface area contributed by atoms with Crippen LogP contribution in [0.5, 0.6) is 5.75 Å². The minimum atomic E-state index is -4.50. The van der Waals surface area contributed by atoms with Crippen molar-refractivity contribution < 1.29 is 22.3 Å². The minimum absolute atomic E-state index is 0.0675. The van der Waals surface area contributed by atoms with Gasteiger partial charge in [-0.05, 0) is 43.5 Å². The Labute approximate surface area is 204 Å². The van der Waals surface area contributed by atoms with Gasteiger partial charge in [0.1, 0.15) is 11.7 Å². The van der Waals surface area contributed by atoms with Crippen molar-refractivity contribution in [1.82, 2.24) is 24.5 Å². The number of ether oxygens (including phenoxy) is 1. The lowest BCUT2D eigenvalue weighted by Crippen LogP contribution is -2.44. The average Bonchev–Trinajstić information content (AvgIpc) is 3.43. The zero-order chi connectivity index (χ0) is 25.7. The summed E-state index contributed by atoms with van der Waals surface area (Å²) >= 11 is 0. The smallest absolute Gasteiger partial charge is 0.408 e. The van der Waals surface area contributed by atoms with Crippen LogP contribution in [0.25, 0.3) is 28.1 Å². The molecule has 3 aromatic heterocycles. The average molecular weight is 503 g/mol. The number of fused-ring (bicyclic) bond motifs is 2. The van der Waals surface area contributed by atoms with E-state index in [9.17, 15) is 17.6 Å². The molecular weight excluding hydrogens is 476 g/mol. The molecule has 0 radical (unpaired) electrons. The van der Waals surface area contributed by atoms with Crippen LogP contribution < -0.4 is 10.5 Å². The summed E-state index contributed by atoms with van der Waals surface area (Å²) in [5, 5.41) is 8.84. The maximum Gasteiger partial charge on any atom is 0.408 e. The molecule has 1 saturated heterocycles. The second-order valence-electron chi connectivity index (χ2n) is 9.20. The van der Waals surface area contributed by atoms with Gasteiger partial charge >= 0.3 is 6.18 Å². The molecule has 4 aromatic rings. The van der Waals surface area contributed by atoms with E-state index < -0.39 is 23.6 Å². The predicted molar refractivity (Wildman–Crippen MR) is 127 cm³/mol. The van der Waals surface area contributed by atoms with Gasteiger partial charge in [0.05, 0.1) is 12.1 Å². The Bertz CT molecular complexity index is 1420. The van der Waals surface area contributed by atoms with Gasteiger partial charge < -0.3 is 10.5 Å². The molecule has 190 valence electrons. The zero-order valence-electron chi connectivity index (χ0n) is 19.9. The van der Waals surface area contributed by atoms with Crippen LogP contribution in [0.1, 0.15) is 38.3 Å². The van der Waals surface area contributed by atoms with Crippen molar-refractivity contribution in [3.05, 3.63) is 54.0 Å². The third-order valence-electron chi connectivity index (χ3n) is 6.81. The molecule has 0 bridgehead atoms. The largest absolute Gasteiger partial charge is 0.491 e. The summed E-state index contributed by atoms with van der Waals surface area (Å²) in [6.07, 6.45) is -1.98. The first-order chi connectivity index (χ1) is 17.1. The number of pyridine rings is 2. The van der Waals surface area contributed by atoms with Gasteiger partial charge in [0.25, 0.3) is 0 Å². The van der Waals surface area contributed by atoms with Crippen LogP contribution in [0, 0.1) is 5.82 Å². The maximum absolute atomic E-state index is 14.3. The van der Waals surface area contributed by atoms with E-state index in [0.29, 0.717) is 41.7 Å². The normalized spacial score (nSPS) is 19.9. The van der Waals surface area contributed by atoms with Crippen molar-refractivity contribution in [3.63, 3.8) is 0 Å². The molecule has 1 aliphatic rings. The van der Waals surface area contributed by atoms with Crippen molar-refractivity contribution in [3.8, 4) is 17.3 Å². The Hall–Kier alpha value is -3.31. The highest BCUT2D eigenvalue weighted by atomic mass is 19.4. The lowest BCUT2D eigenvalue weighted by molar-refractivity contribution is -0.184. The molecule has 2 atom stereocenters. The van der Waals surface area contributed by atoms with Crippen molar-refractivity contribution >= 4 is 16.6 Å². The van der Waals surface area contributed by atoms with Crippen molar-refractivity contribution in [1.29, 1.82) is 0 Å². The number of aromatic nitrogens is 4. The number of halogens is 4. The Morgan fingerprint density at radius 3 is 2.64 bits per heavy atom. The maximum atomic E-state index is 14.3. The first-order valence-corrected chi connectivity index (χ1v) is 11.8. The highest BCUT2D eigenvalue weighted by Gasteiger charge is 2.49. The van der Waals surface area contributed by atoms with Crippen molar-refractivity contribution in [2.24, 2.45) is 5.73 Å². The van der Waals surface area contributed by atoms with Gasteiger partial charge in [0, 0.05) is 36.3 Å². The van der Waals surface area contributed by atoms with E-state index >= 15 is 0 Å². The number of rotatable bonds is 6. The highest BCUT2D eigenvalue weighted by molar-refractivity contribution is 5.82. The minimum Gasteiger partial charge on any atom is -0.491 e. The van der Waals surface area contributed by atoms with E-state index in [0.717, 1.165) is 0 Å². The number of likely N-dealkylation sites (tertiary alicyclic amines) is 1. The second-order valence-corrected chi connectivity index (χ2v) is 9.20. The highest BCUT2D eigenvalue weighted by Crippen LogP contribution is 2.41. The SMILES string of the molecule is CCOc1cc2nc(-c3nnc4ccc([C@@H](N5CCC(N)(CC)C5)C(F)(F)F)cn34)ccc2cc1F. The molecule has 36 heavy (non-hydrogen) atoms. The fourth-order valence-corrected chi connectivity index (χ4v) is 4.80. The van der Waals surface area contributed by atoms with Gasteiger partial charge in [-0.15, -0.1) is 10.2 Å². The Balaban J connectivity index is 1.57. The standard InChI is InChI=1S/C25H26F4N6O/c1-3-24(30)9-10-34(14-24)22(25(27,28)29)16-6-8-21-32-33-23(35(21)13-16)18-7-5-15-11-17(26)20(36-4-2)12-19(15)31-18/h5-8,11-13,22H,3-4,9-10,14,30H2,1-2H3/t22-,24?/m1/s1. The molecule has 5 rings (SSSR count). The molecule has 1 fully saturated rings. The number of hydrogen-bond donors (Lipinski definition) is 1. The van der Waals surface area contributed by atoms with E-state index in [1.54, 1.807) is 19.1 Å². The third kappa shape index (κ3) is 4.37. The lowest BCUT2D eigenvalue weighted by Gasteiger charge is -2.31. The molecule has 0 saturated carbocycles. The molecule has 1 aromatic carbocycles. The summed E-state index contributed by atoms with van der Waals surface area (Å²) in [6.45, 7) is 4.35. The van der Waals surface area contributed by atoms with Gasteiger partial charge in [0.2, 0.25) is 0 Å². The van der Waals surface area contributed by atoms with Gasteiger partial charge in [0.15, 0.2) is 23.0 Å². The van der Waals surface area contributed by atoms with E-state index in [1.165, 1.54) is 39.8 Å². The van der Waals surface area contributed by atoms with Crippen LogP contribution in [0.3, 0.4) is 0 Å². The van der Waals surface area contributed by atoms with Crippen LogP contribution in [0.4, 0.5) is 17.6 Å². The van der Waals surface area contributed by atoms with E-state index in [-0.39, 0.29) is 30.2 Å². The van der Waals surface area contributed by atoms with Gasteiger partial charge in [-0.3, -0.25) is 9.30 Å². The molecule has 4 heterocycles. The number of nitrogens with two attached hydrogens (primary N) is 1. The van der Waals surface area contributed by atoms with Crippen LogP contribution in [0.2, 0.25) is 0 Å². The van der Waals surface area contributed by atoms with E-state index in [2.05, 4.69) is 15.2 Å². The lowest BCUT2D eigenvalue weighted by atomic mass is 9.97. The summed E-state index contributed by atoms with van der Waals surface area (Å²) < 4.78 is 63.9. The van der Waals surface area contributed by atoms with Gasteiger partial charge in [-0.2, -0.15) is 13.2 Å². The van der Waals surface area contributed by atoms with E-state index in [4.69, 9.17) is 10.5 Å². The van der Waals surface area contributed by atoms with Crippen LogP contribution in [0.15, 0.2) is 42.6 Å². The Morgan fingerprint density at radius 1 is 1.14 bits per heavy atom. The Kier molecular flexibility index (Phi) is 6.08. The molecule has 11 heteroatoms. The van der Waals surface area contributed by atoms with Crippen molar-refractivity contribution in [2.75, 3.05) is 19.7 Å². The summed E-state index contributed by atoms with van der Waals surface area (Å²) in [4.78, 5) is 5.96. The van der Waals surface area contributed by atoms with Crippen LogP contribution in [-0.2, 0) is 0 Å². The molecule has 7 nitrogen and oxygen atoms in total. The van der Waals surface area contributed by atoms with Crippen LogP contribution >= 0.6 is 0 Å². The third-order valence-corrected chi connectivity index (χ3v) is 6.81. The number of alkyl halides is 3. The van der Waals surface area contributed by atoms with Crippen LogP contribution in [-0.4, -0.2) is 55.9 Å². The molecule has 0 aliphatic carbocycles. The molecular formula is C25H26F4N6O. The summed E-state index contributed by atoms with van der Waals surface area (Å²) in [5.41, 5.74) is 6.96. The van der Waals surface area contributed by atoms with E-state index in [1.807, 2.05) is 6.92 Å². The topological polar surface area (TPSA) is 81.6 Å². The second kappa shape index (κ2) is 8.97. The Morgan fingerprint density at radius 2 is 1.94 bits per heavy atom. The zero-order valence-corrected chi connectivity index (χ0v) is 19.9. The molecule has 0 amide bonds. The molecule has 2 N–H and O–H groups in total. The number of benzene rings is 1. The van der Waals surface area contributed by atoms with Crippen molar-refractivity contribution in [2.45, 2.75) is 44.4 Å². The molecule has 0 spiro atoms.